The standard InChI is InChI=1S/C10H16N4O3S/c1-3-12-9-7-11-6-8(14-9)10(15)13-4-5-18(2,16)17/h6-7H,3-5H2,1-2H3,(H,12,14)(H,13,15). The van der Waals surface area contributed by atoms with Crippen LogP contribution in [0.4, 0.5) is 5.82 Å². The first kappa shape index (κ1) is 14.4. The number of carbonyl (C=O) groups is 1. The van der Waals surface area contributed by atoms with E-state index in [1.54, 1.807) is 0 Å². The van der Waals surface area contributed by atoms with Crippen LogP contribution in [0.1, 0.15) is 17.4 Å². The molecule has 0 radical (unpaired) electrons. The number of nitrogens with zero attached hydrogens (tertiary/aromatic N) is 2. The molecule has 100 valence electrons. The summed E-state index contributed by atoms with van der Waals surface area (Å²) in [5.41, 5.74) is 0.155. The summed E-state index contributed by atoms with van der Waals surface area (Å²) in [5, 5.41) is 5.41. The smallest absolute Gasteiger partial charge is 0.271 e. The third-order valence-electron chi connectivity index (χ3n) is 1.98. The van der Waals surface area contributed by atoms with Gasteiger partial charge in [0.25, 0.3) is 5.91 Å². The Morgan fingerprint density at radius 2 is 2.11 bits per heavy atom. The highest BCUT2D eigenvalue weighted by Crippen LogP contribution is 2.01. The molecule has 0 spiro atoms. The summed E-state index contributed by atoms with van der Waals surface area (Å²) in [4.78, 5) is 19.6. The maximum atomic E-state index is 11.7. The predicted molar refractivity (Wildman–Crippen MR) is 68.2 cm³/mol. The van der Waals surface area contributed by atoms with E-state index in [1.165, 1.54) is 12.4 Å². The monoisotopic (exact) mass is 272 g/mol. The molecule has 0 saturated carbocycles. The van der Waals surface area contributed by atoms with Crippen molar-refractivity contribution in [1.82, 2.24) is 15.3 Å². The maximum Gasteiger partial charge on any atom is 0.271 e. The maximum absolute atomic E-state index is 11.7. The minimum absolute atomic E-state index is 0.0603. The molecule has 0 fully saturated rings. The van der Waals surface area contributed by atoms with Crippen LogP contribution in [-0.4, -0.2) is 49.4 Å². The van der Waals surface area contributed by atoms with Gasteiger partial charge in [-0.1, -0.05) is 0 Å². The van der Waals surface area contributed by atoms with Crippen LogP contribution in [0, 0.1) is 0 Å². The van der Waals surface area contributed by atoms with Gasteiger partial charge in [-0.3, -0.25) is 9.78 Å². The van der Waals surface area contributed by atoms with Crippen LogP contribution in [0.3, 0.4) is 0 Å². The van der Waals surface area contributed by atoms with E-state index >= 15 is 0 Å². The van der Waals surface area contributed by atoms with E-state index in [2.05, 4.69) is 20.6 Å². The Morgan fingerprint density at radius 1 is 1.39 bits per heavy atom. The van der Waals surface area contributed by atoms with Gasteiger partial charge < -0.3 is 10.6 Å². The summed E-state index contributed by atoms with van der Waals surface area (Å²) in [6, 6.07) is 0. The minimum Gasteiger partial charge on any atom is -0.369 e. The number of carbonyl (C=O) groups excluding carboxylic acids is 1. The number of rotatable bonds is 6. The largest absolute Gasteiger partial charge is 0.369 e. The lowest BCUT2D eigenvalue weighted by Crippen LogP contribution is -2.29. The van der Waals surface area contributed by atoms with Gasteiger partial charge in [-0.05, 0) is 6.92 Å². The number of anilines is 1. The van der Waals surface area contributed by atoms with Crippen LogP contribution in [0.2, 0.25) is 0 Å². The van der Waals surface area contributed by atoms with Crippen LogP contribution in [-0.2, 0) is 9.84 Å². The number of sulfone groups is 1. The molecule has 8 heteroatoms. The molecule has 1 aromatic rings. The fraction of sp³-hybridized carbons (Fsp3) is 0.500. The fourth-order valence-electron chi connectivity index (χ4n) is 1.18. The predicted octanol–water partition coefficient (Wildman–Crippen LogP) is -0.317. The van der Waals surface area contributed by atoms with Gasteiger partial charge in [-0.25, -0.2) is 13.4 Å². The molecule has 0 unspecified atom stereocenters. The highest BCUT2D eigenvalue weighted by atomic mass is 32.2. The van der Waals surface area contributed by atoms with E-state index in [0.29, 0.717) is 12.4 Å². The van der Waals surface area contributed by atoms with Crippen LogP contribution in [0.25, 0.3) is 0 Å². The third-order valence-corrected chi connectivity index (χ3v) is 2.93. The van der Waals surface area contributed by atoms with E-state index in [1.807, 2.05) is 6.92 Å². The lowest BCUT2D eigenvalue weighted by Gasteiger charge is -2.05. The molecule has 1 heterocycles. The van der Waals surface area contributed by atoms with Gasteiger partial charge >= 0.3 is 0 Å². The average molecular weight is 272 g/mol. The first-order chi connectivity index (χ1) is 8.42. The Kier molecular flexibility index (Phi) is 5.02. The number of nitrogens with one attached hydrogen (secondary N) is 2. The summed E-state index contributed by atoms with van der Waals surface area (Å²) >= 11 is 0. The molecule has 1 amide bonds. The van der Waals surface area contributed by atoms with Gasteiger partial charge in [-0.15, -0.1) is 0 Å². The fourth-order valence-corrected chi connectivity index (χ4v) is 1.66. The van der Waals surface area contributed by atoms with Crippen molar-refractivity contribution in [3.05, 3.63) is 18.1 Å². The molecule has 2 N–H and O–H groups in total. The Bertz CT molecular complexity index is 516. The minimum atomic E-state index is -3.08. The quantitative estimate of drug-likeness (QED) is 0.736. The number of hydrogen-bond donors (Lipinski definition) is 2. The van der Waals surface area contributed by atoms with Gasteiger partial charge in [0.15, 0.2) is 0 Å². The van der Waals surface area contributed by atoms with Crippen molar-refractivity contribution in [1.29, 1.82) is 0 Å². The Balaban J connectivity index is 2.58. The molecule has 7 nitrogen and oxygen atoms in total. The molecule has 1 aromatic heterocycles. The van der Waals surface area contributed by atoms with Crippen molar-refractivity contribution in [2.24, 2.45) is 0 Å². The lowest BCUT2D eigenvalue weighted by molar-refractivity contribution is 0.0951. The van der Waals surface area contributed by atoms with E-state index in [9.17, 15) is 13.2 Å². The van der Waals surface area contributed by atoms with Gasteiger partial charge in [0.2, 0.25) is 0 Å². The normalized spacial score (nSPS) is 11.0. The molecule has 0 aliphatic heterocycles. The zero-order valence-corrected chi connectivity index (χ0v) is 11.1. The van der Waals surface area contributed by atoms with Crippen LogP contribution >= 0.6 is 0 Å². The summed E-state index contributed by atoms with van der Waals surface area (Å²) in [5.74, 6) is -0.0295. The second-order valence-electron chi connectivity index (χ2n) is 3.71. The molecule has 0 aliphatic carbocycles. The van der Waals surface area contributed by atoms with E-state index < -0.39 is 15.7 Å². The molecule has 0 bridgehead atoms. The van der Waals surface area contributed by atoms with Gasteiger partial charge in [0.05, 0.1) is 18.1 Å². The van der Waals surface area contributed by atoms with Crippen molar-refractivity contribution in [3.63, 3.8) is 0 Å². The van der Waals surface area contributed by atoms with Crippen molar-refractivity contribution < 1.29 is 13.2 Å². The van der Waals surface area contributed by atoms with Crippen molar-refractivity contribution in [3.8, 4) is 0 Å². The molecule has 0 aromatic carbocycles. The molecule has 0 aliphatic rings. The molecular weight excluding hydrogens is 256 g/mol. The highest BCUT2D eigenvalue weighted by molar-refractivity contribution is 7.90. The van der Waals surface area contributed by atoms with E-state index in [4.69, 9.17) is 0 Å². The zero-order chi connectivity index (χ0) is 13.6. The zero-order valence-electron chi connectivity index (χ0n) is 10.3. The third kappa shape index (κ3) is 5.09. The summed E-state index contributed by atoms with van der Waals surface area (Å²) in [6.07, 6.45) is 3.96. The van der Waals surface area contributed by atoms with Crippen LogP contribution in [0.15, 0.2) is 12.4 Å². The van der Waals surface area contributed by atoms with Gasteiger partial charge in [-0.2, -0.15) is 0 Å². The molecule has 0 atom stereocenters. The Labute approximate surface area is 106 Å². The van der Waals surface area contributed by atoms with Crippen LogP contribution < -0.4 is 10.6 Å². The van der Waals surface area contributed by atoms with Crippen LogP contribution in [0.5, 0.6) is 0 Å². The number of hydrogen-bond acceptors (Lipinski definition) is 6. The topological polar surface area (TPSA) is 101 Å². The SMILES string of the molecule is CCNc1cncc(C(=O)NCCS(C)(=O)=O)n1. The Hall–Kier alpha value is -1.70. The summed E-state index contributed by atoms with van der Waals surface area (Å²) in [6.45, 7) is 2.64. The van der Waals surface area contributed by atoms with Crippen molar-refractivity contribution in [2.75, 3.05) is 30.4 Å². The first-order valence-electron chi connectivity index (χ1n) is 5.44. The van der Waals surface area contributed by atoms with E-state index in [0.717, 1.165) is 6.26 Å². The number of aromatic nitrogens is 2. The second-order valence-corrected chi connectivity index (χ2v) is 5.97. The first-order valence-corrected chi connectivity index (χ1v) is 7.50. The second kappa shape index (κ2) is 6.29. The molecule has 18 heavy (non-hydrogen) atoms. The summed E-state index contributed by atoms with van der Waals surface area (Å²) < 4.78 is 21.8. The van der Waals surface area contributed by atoms with Crippen molar-refractivity contribution >= 4 is 21.6 Å². The molecule has 1 rings (SSSR count). The molecule has 0 saturated heterocycles. The lowest BCUT2D eigenvalue weighted by atomic mass is 10.4. The van der Waals surface area contributed by atoms with Gasteiger partial charge in [0.1, 0.15) is 21.3 Å². The van der Waals surface area contributed by atoms with Crippen molar-refractivity contribution in [2.45, 2.75) is 6.92 Å². The number of amides is 1. The average Bonchev–Trinajstić information content (AvgIpc) is 2.28. The van der Waals surface area contributed by atoms with Gasteiger partial charge in [0, 0.05) is 19.3 Å². The Morgan fingerprint density at radius 3 is 2.72 bits per heavy atom. The van der Waals surface area contributed by atoms with E-state index in [-0.39, 0.29) is 18.0 Å². The highest BCUT2D eigenvalue weighted by Gasteiger charge is 2.09. The summed E-state index contributed by atoms with van der Waals surface area (Å²) in [7, 11) is -3.08. The molecular formula is C10H16N4O3S.